The molecule has 1 saturated heterocycles. The van der Waals surface area contributed by atoms with Crippen LogP contribution < -0.4 is 19.7 Å². The molecular formula is C27H36N4O3. The van der Waals surface area contributed by atoms with Crippen LogP contribution in [0.25, 0.3) is 0 Å². The van der Waals surface area contributed by atoms with E-state index in [0.717, 1.165) is 76.3 Å². The standard InChI is InChI=1S/C27H36N4O3/c1-27(2)18-21-6-5-7-22(25(21)34-19-27)31-15-13-30(14-16-31)12-3-4-17-33-24-11-9-20-8-10-23(32)28-26(20)29-24/h5-7,9,11H,3-4,8,10,12-19H2,1-2H3,(H,28,29,32). The third-order valence-corrected chi connectivity index (χ3v) is 7.02. The van der Waals surface area contributed by atoms with Crippen LogP contribution in [0.4, 0.5) is 11.5 Å². The Kier molecular flexibility index (Phi) is 6.63. The third-order valence-electron chi connectivity index (χ3n) is 7.02. The second-order valence-electron chi connectivity index (χ2n) is 10.5. The molecule has 2 aromatic rings. The largest absolute Gasteiger partial charge is 0.491 e. The summed E-state index contributed by atoms with van der Waals surface area (Å²) >= 11 is 0. The van der Waals surface area contributed by atoms with E-state index >= 15 is 0 Å². The Hall–Kier alpha value is -2.80. The van der Waals surface area contributed by atoms with Gasteiger partial charge in [-0.1, -0.05) is 26.0 Å². The van der Waals surface area contributed by atoms with Crippen LogP contribution >= 0.6 is 0 Å². The summed E-state index contributed by atoms with van der Waals surface area (Å²) in [5.74, 6) is 2.37. The van der Waals surface area contributed by atoms with Crippen LogP contribution in [0, 0.1) is 5.41 Å². The first-order valence-electron chi connectivity index (χ1n) is 12.6. The van der Waals surface area contributed by atoms with Gasteiger partial charge in [-0.3, -0.25) is 9.69 Å². The minimum Gasteiger partial charge on any atom is -0.491 e. The molecule has 0 atom stereocenters. The van der Waals surface area contributed by atoms with E-state index in [0.29, 0.717) is 24.7 Å². The van der Waals surface area contributed by atoms with Gasteiger partial charge in [-0.2, -0.15) is 4.98 Å². The van der Waals surface area contributed by atoms with E-state index in [1.807, 2.05) is 12.1 Å². The molecule has 3 aliphatic heterocycles. The number of nitrogens with one attached hydrogen (secondary N) is 1. The number of benzene rings is 1. The molecule has 0 spiro atoms. The van der Waals surface area contributed by atoms with Crippen LogP contribution in [0.15, 0.2) is 30.3 Å². The van der Waals surface area contributed by atoms with Crippen molar-refractivity contribution in [1.82, 2.24) is 9.88 Å². The zero-order valence-electron chi connectivity index (χ0n) is 20.4. The Morgan fingerprint density at radius 3 is 2.76 bits per heavy atom. The molecule has 4 heterocycles. The number of hydrogen-bond donors (Lipinski definition) is 1. The molecular weight excluding hydrogens is 428 g/mol. The van der Waals surface area contributed by atoms with Gasteiger partial charge in [0.1, 0.15) is 11.6 Å². The quantitative estimate of drug-likeness (QED) is 0.627. The van der Waals surface area contributed by atoms with E-state index in [2.05, 4.69) is 52.1 Å². The Labute approximate surface area is 202 Å². The number of aromatic nitrogens is 1. The van der Waals surface area contributed by atoms with Gasteiger partial charge < -0.3 is 19.7 Å². The Bertz CT molecular complexity index is 1030. The lowest BCUT2D eigenvalue weighted by atomic mass is 9.84. The minimum absolute atomic E-state index is 0.0286. The highest BCUT2D eigenvalue weighted by atomic mass is 16.5. The zero-order chi connectivity index (χ0) is 23.5. The van der Waals surface area contributed by atoms with E-state index in [-0.39, 0.29) is 11.3 Å². The first-order chi connectivity index (χ1) is 16.5. The van der Waals surface area contributed by atoms with Crippen molar-refractivity contribution >= 4 is 17.4 Å². The van der Waals surface area contributed by atoms with E-state index in [1.54, 1.807) is 0 Å². The van der Waals surface area contributed by atoms with Gasteiger partial charge in [-0.05, 0) is 55.5 Å². The van der Waals surface area contributed by atoms with Crippen molar-refractivity contribution < 1.29 is 14.3 Å². The normalized spacial score (nSPS) is 19.6. The van der Waals surface area contributed by atoms with Gasteiger partial charge in [-0.25, -0.2) is 0 Å². The van der Waals surface area contributed by atoms with Gasteiger partial charge in [0.05, 0.1) is 18.9 Å². The predicted molar refractivity (Wildman–Crippen MR) is 134 cm³/mol. The lowest BCUT2D eigenvalue weighted by Crippen LogP contribution is -2.47. The molecule has 1 fully saturated rings. The number of rotatable bonds is 7. The van der Waals surface area contributed by atoms with Crippen molar-refractivity contribution in [3.63, 3.8) is 0 Å². The second kappa shape index (κ2) is 9.82. The number of piperazine rings is 1. The van der Waals surface area contributed by atoms with Crippen LogP contribution in [0.2, 0.25) is 0 Å². The van der Waals surface area contributed by atoms with Gasteiger partial charge in [0.25, 0.3) is 0 Å². The number of carbonyl (C=O) groups excluding carboxylic acids is 1. The lowest BCUT2D eigenvalue weighted by Gasteiger charge is -2.39. The molecule has 1 aromatic carbocycles. The molecule has 0 radical (unpaired) electrons. The van der Waals surface area contributed by atoms with Crippen LogP contribution in [-0.4, -0.2) is 61.7 Å². The zero-order valence-corrected chi connectivity index (χ0v) is 20.4. The molecule has 34 heavy (non-hydrogen) atoms. The molecule has 0 aliphatic carbocycles. The minimum atomic E-state index is 0.0286. The number of anilines is 2. The van der Waals surface area contributed by atoms with E-state index < -0.39 is 0 Å². The molecule has 1 aromatic heterocycles. The number of nitrogens with zero attached hydrogens (tertiary/aromatic N) is 3. The lowest BCUT2D eigenvalue weighted by molar-refractivity contribution is -0.116. The van der Waals surface area contributed by atoms with Crippen molar-refractivity contribution in [3.8, 4) is 11.6 Å². The fraction of sp³-hybridized carbons (Fsp3) is 0.556. The monoisotopic (exact) mass is 464 g/mol. The summed E-state index contributed by atoms with van der Waals surface area (Å²) in [6, 6.07) is 10.5. The molecule has 182 valence electrons. The summed E-state index contributed by atoms with van der Waals surface area (Å²) < 4.78 is 12.1. The number of unbranched alkanes of at least 4 members (excludes halogenated alkanes) is 1. The molecule has 1 amide bonds. The summed E-state index contributed by atoms with van der Waals surface area (Å²) in [5.41, 5.74) is 3.89. The van der Waals surface area contributed by atoms with Gasteiger partial charge >= 0.3 is 0 Å². The van der Waals surface area contributed by atoms with E-state index in [4.69, 9.17) is 9.47 Å². The van der Waals surface area contributed by atoms with Gasteiger partial charge in [0, 0.05) is 44.1 Å². The Morgan fingerprint density at radius 2 is 1.91 bits per heavy atom. The van der Waals surface area contributed by atoms with Crippen LogP contribution in [0.1, 0.15) is 44.2 Å². The first-order valence-corrected chi connectivity index (χ1v) is 12.6. The van der Waals surface area contributed by atoms with Crippen LogP contribution in [0.5, 0.6) is 11.6 Å². The number of ether oxygens (including phenoxy) is 2. The number of amides is 1. The molecule has 0 saturated carbocycles. The topological polar surface area (TPSA) is 66.9 Å². The van der Waals surface area contributed by atoms with E-state index in [9.17, 15) is 4.79 Å². The molecule has 3 aliphatic rings. The van der Waals surface area contributed by atoms with Crippen molar-refractivity contribution in [2.45, 2.75) is 46.0 Å². The molecule has 1 N–H and O–H groups in total. The van der Waals surface area contributed by atoms with Crippen molar-refractivity contribution in [2.75, 3.05) is 56.2 Å². The van der Waals surface area contributed by atoms with Gasteiger partial charge in [0.2, 0.25) is 11.8 Å². The summed E-state index contributed by atoms with van der Waals surface area (Å²) in [6.07, 6.45) is 4.44. The highest BCUT2D eigenvalue weighted by molar-refractivity contribution is 5.92. The average molecular weight is 465 g/mol. The molecule has 0 unspecified atom stereocenters. The highest BCUT2D eigenvalue weighted by Gasteiger charge is 2.30. The average Bonchev–Trinajstić information content (AvgIpc) is 2.83. The van der Waals surface area contributed by atoms with E-state index in [1.165, 1.54) is 11.3 Å². The number of aryl methyl sites for hydroxylation is 1. The summed E-state index contributed by atoms with van der Waals surface area (Å²) in [6.45, 7) is 11.3. The number of fused-ring (bicyclic) bond motifs is 2. The van der Waals surface area contributed by atoms with Crippen molar-refractivity contribution in [3.05, 3.63) is 41.5 Å². The second-order valence-corrected chi connectivity index (χ2v) is 10.5. The number of para-hydroxylation sites is 1. The molecule has 7 nitrogen and oxygen atoms in total. The Balaban J connectivity index is 1.04. The molecule has 5 rings (SSSR count). The van der Waals surface area contributed by atoms with Crippen molar-refractivity contribution in [2.24, 2.45) is 5.41 Å². The third kappa shape index (κ3) is 5.30. The Morgan fingerprint density at radius 1 is 1.06 bits per heavy atom. The summed E-state index contributed by atoms with van der Waals surface area (Å²) in [7, 11) is 0. The molecule has 0 bridgehead atoms. The number of pyridine rings is 1. The fourth-order valence-electron chi connectivity index (χ4n) is 5.09. The maximum Gasteiger partial charge on any atom is 0.225 e. The SMILES string of the molecule is CC1(C)COc2c(cccc2N2CCN(CCCCOc3ccc4c(n3)NC(=O)CC4)CC2)C1. The predicted octanol–water partition coefficient (Wildman–Crippen LogP) is 3.91. The summed E-state index contributed by atoms with van der Waals surface area (Å²) in [4.78, 5) is 21.0. The number of carbonyl (C=O) groups is 1. The van der Waals surface area contributed by atoms with Crippen LogP contribution in [-0.2, 0) is 17.6 Å². The smallest absolute Gasteiger partial charge is 0.225 e. The first kappa shape index (κ1) is 23.0. The van der Waals surface area contributed by atoms with Gasteiger partial charge in [0.15, 0.2) is 0 Å². The fourth-order valence-corrected chi connectivity index (χ4v) is 5.09. The van der Waals surface area contributed by atoms with Crippen molar-refractivity contribution in [1.29, 1.82) is 0 Å². The molecule has 7 heteroatoms. The summed E-state index contributed by atoms with van der Waals surface area (Å²) in [5, 5.41) is 2.83. The maximum absolute atomic E-state index is 11.6. The van der Waals surface area contributed by atoms with Gasteiger partial charge in [-0.15, -0.1) is 0 Å². The highest BCUT2D eigenvalue weighted by Crippen LogP contribution is 2.40. The number of hydrogen-bond acceptors (Lipinski definition) is 6. The maximum atomic E-state index is 11.6. The van der Waals surface area contributed by atoms with Crippen LogP contribution in [0.3, 0.4) is 0 Å².